The van der Waals surface area contributed by atoms with E-state index < -0.39 is 21.7 Å². The minimum absolute atomic E-state index is 0.0628. The third-order valence-corrected chi connectivity index (χ3v) is 2.94. The maximum absolute atomic E-state index is 11.0. The molecule has 0 aromatic heterocycles. The quantitative estimate of drug-likeness (QED) is 0.534. The standard InChI is InChI=1S/C7H16N2O4S/c1-5(2)6(8)3-9-14(12,13)4-7(10)11/h5-6,9H,3-4,8H2,1-2H3,(H,10,11). The molecule has 0 aliphatic rings. The summed E-state index contributed by atoms with van der Waals surface area (Å²) in [5.74, 6) is -2.16. The highest BCUT2D eigenvalue weighted by atomic mass is 32.2. The summed E-state index contributed by atoms with van der Waals surface area (Å²) in [6, 6.07) is -0.307. The van der Waals surface area contributed by atoms with Crippen LogP contribution in [0.3, 0.4) is 0 Å². The molecule has 0 saturated heterocycles. The van der Waals surface area contributed by atoms with Crippen LogP contribution in [0.15, 0.2) is 0 Å². The predicted octanol–water partition coefficient (Wildman–Crippen LogP) is -1.03. The number of rotatable bonds is 6. The largest absolute Gasteiger partial charge is 0.480 e. The monoisotopic (exact) mass is 224 g/mol. The minimum atomic E-state index is -3.74. The van der Waals surface area contributed by atoms with E-state index in [0.717, 1.165) is 0 Å². The molecule has 0 saturated carbocycles. The van der Waals surface area contributed by atoms with Gasteiger partial charge in [0, 0.05) is 12.6 Å². The summed E-state index contributed by atoms with van der Waals surface area (Å²) in [5, 5.41) is 8.27. The fourth-order valence-electron chi connectivity index (χ4n) is 0.672. The first-order chi connectivity index (χ1) is 6.24. The molecule has 7 heteroatoms. The molecule has 0 fully saturated rings. The van der Waals surface area contributed by atoms with Gasteiger partial charge in [0.15, 0.2) is 5.75 Å². The molecule has 0 aliphatic heterocycles. The lowest BCUT2D eigenvalue weighted by atomic mass is 10.1. The number of carboxylic acid groups (broad SMARTS) is 1. The Morgan fingerprint density at radius 2 is 2.00 bits per heavy atom. The second-order valence-electron chi connectivity index (χ2n) is 3.41. The molecule has 0 aromatic rings. The molecule has 0 aromatic carbocycles. The SMILES string of the molecule is CC(C)C(N)CNS(=O)(=O)CC(=O)O. The van der Waals surface area contributed by atoms with E-state index in [1.807, 2.05) is 13.8 Å². The maximum atomic E-state index is 11.0. The molecule has 0 spiro atoms. The van der Waals surface area contributed by atoms with Gasteiger partial charge in [-0.25, -0.2) is 13.1 Å². The van der Waals surface area contributed by atoms with Crippen molar-refractivity contribution in [2.45, 2.75) is 19.9 Å². The van der Waals surface area contributed by atoms with E-state index in [4.69, 9.17) is 10.8 Å². The van der Waals surface area contributed by atoms with Gasteiger partial charge < -0.3 is 10.8 Å². The van der Waals surface area contributed by atoms with E-state index in [0.29, 0.717) is 0 Å². The smallest absolute Gasteiger partial charge is 0.320 e. The van der Waals surface area contributed by atoms with Crippen molar-refractivity contribution >= 4 is 16.0 Å². The lowest BCUT2D eigenvalue weighted by molar-refractivity contribution is -0.134. The van der Waals surface area contributed by atoms with Crippen LogP contribution in [0.1, 0.15) is 13.8 Å². The molecule has 4 N–H and O–H groups in total. The number of nitrogens with one attached hydrogen (secondary N) is 1. The van der Waals surface area contributed by atoms with Crippen LogP contribution in [0, 0.1) is 5.92 Å². The highest BCUT2D eigenvalue weighted by molar-refractivity contribution is 7.90. The lowest BCUT2D eigenvalue weighted by Crippen LogP contribution is -2.42. The molecule has 0 bridgehead atoms. The zero-order valence-electron chi connectivity index (χ0n) is 8.23. The van der Waals surface area contributed by atoms with Gasteiger partial charge >= 0.3 is 5.97 Å². The first-order valence-electron chi connectivity index (χ1n) is 4.19. The average molecular weight is 224 g/mol. The summed E-state index contributed by atoms with van der Waals surface area (Å²) in [4.78, 5) is 10.1. The van der Waals surface area contributed by atoms with Gasteiger partial charge in [0.1, 0.15) is 0 Å². The number of aliphatic carboxylic acids is 1. The topological polar surface area (TPSA) is 109 Å². The van der Waals surface area contributed by atoms with Crippen LogP contribution in [-0.2, 0) is 14.8 Å². The molecule has 0 heterocycles. The molecular formula is C7H16N2O4S. The van der Waals surface area contributed by atoms with E-state index in [-0.39, 0.29) is 18.5 Å². The summed E-state index contributed by atoms with van der Waals surface area (Å²) in [6.07, 6.45) is 0. The van der Waals surface area contributed by atoms with Crippen LogP contribution in [-0.4, -0.2) is 37.8 Å². The number of carboxylic acids is 1. The van der Waals surface area contributed by atoms with Crippen molar-refractivity contribution in [1.82, 2.24) is 4.72 Å². The van der Waals surface area contributed by atoms with Gasteiger partial charge in [0.25, 0.3) is 0 Å². The van der Waals surface area contributed by atoms with Gasteiger partial charge in [-0.05, 0) is 5.92 Å². The zero-order valence-corrected chi connectivity index (χ0v) is 9.04. The van der Waals surface area contributed by atoms with E-state index in [1.54, 1.807) is 0 Å². The first-order valence-corrected chi connectivity index (χ1v) is 5.84. The number of hydrogen-bond acceptors (Lipinski definition) is 4. The van der Waals surface area contributed by atoms with Crippen molar-refractivity contribution in [3.05, 3.63) is 0 Å². The number of carbonyl (C=O) groups is 1. The Morgan fingerprint density at radius 1 is 1.50 bits per heavy atom. The van der Waals surface area contributed by atoms with E-state index in [2.05, 4.69) is 4.72 Å². The summed E-state index contributed by atoms with van der Waals surface area (Å²) in [6.45, 7) is 3.78. The Balaban J connectivity index is 4.06. The molecule has 1 unspecified atom stereocenters. The normalized spacial score (nSPS) is 14.3. The highest BCUT2D eigenvalue weighted by Gasteiger charge is 2.17. The molecule has 0 rings (SSSR count). The van der Waals surface area contributed by atoms with Crippen molar-refractivity contribution in [3.63, 3.8) is 0 Å². The van der Waals surface area contributed by atoms with Crippen molar-refractivity contribution in [3.8, 4) is 0 Å². The van der Waals surface area contributed by atoms with E-state index in [9.17, 15) is 13.2 Å². The summed E-state index contributed by atoms with van der Waals surface area (Å²) < 4.78 is 24.2. The average Bonchev–Trinajstić information content (AvgIpc) is 1.97. The molecule has 14 heavy (non-hydrogen) atoms. The third-order valence-electron chi connectivity index (χ3n) is 1.71. The van der Waals surface area contributed by atoms with Crippen molar-refractivity contribution < 1.29 is 18.3 Å². The fraction of sp³-hybridized carbons (Fsp3) is 0.857. The maximum Gasteiger partial charge on any atom is 0.320 e. The van der Waals surface area contributed by atoms with Gasteiger partial charge in [0.2, 0.25) is 10.0 Å². The minimum Gasteiger partial charge on any atom is -0.480 e. The fourth-order valence-corrected chi connectivity index (χ4v) is 1.55. The number of sulfonamides is 1. The van der Waals surface area contributed by atoms with Crippen molar-refractivity contribution in [2.75, 3.05) is 12.3 Å². The molecule has 0 aliphatic carbocycles. The first kappa shape index (κ1) is 13.3. The third kappa shape index (κ3) is 5.90. The Bertz CT molecular complexity index is 286. The molecule has 6 nitrogen and oxygen atoms in total. The summed E-state index contributed by atoms with van der Waals surface area (Å²) >= 11 is 0. The second kappa shape index (κ2) is 5.28. The Kier molecular flexibility index (Phi) is 5.03. The van der Waals surface area contributed by atoms with Crippen LogP contribution in [0.4, 0.5) is 0 Å². The molecular weight excluding hydrogens is 208 g/mol. The van der Waals surface area contributed by atoms with Gasteiger partial charge in [-0.15, -0.1) is 0 Å². The van der Waals surface area contributed by atoms with E-state index >= 15 is 0 Å². The highest BCUT2D eigenvalue weighted by Crippen LogP contribution is 1.97. The predicted molar refractivity (Wildman–Crippen MR) is 52.2 cm³/mol. The van der Waals surface area contributed by atoms with Crippen LogP contribution in [0.2, 0.25) is 0 Å². The van der Waals surface area contributed by atoms with Crippen molar-refractivity contribution in [2.24, 2.45) is 11.7 Å². The number of hydrogen-bond donors (Lipinski definition) is 3. The van der Waals surface area contributed by atoms with Crippen LogP contribution in [0.25, 0.3) is 0 Å². The van der Waals surface area contributed by atoms with Crippen LogP contribution < -0.4 is 10.5 Å². The second-order valence-corrected chi connectivity index (χ2v) is 5.22. The lowest BCUT2D eigenvalue weighted by Gasteiger charge is -2.15. The molecule has 84 valence electrons. The zero-order chi connectivity index (χ0) is 11.4. The molecule has 0 amide bonds. The van der Waals surface area contributed by atoms with Gasteiger partial charge in [-0.2, -0.15) is 0 Å². The van der Waals surface area contributed by atoms with Crippen LogP contribution in [0.5, 0.6) is 0 Å². The molecule has 1 atom stereocenters. The number of nitrogens with two attached hydrogens (primary N) is 1. The van der Waals surface area contributed by atoms with Gasteiger partial charge in [-0.1, -0.05) is 13.8 Å². The van der Waals surface area contributed by atoms with Gasteiger partial charge in [0.05, 0.1) is 0 Å². The summed E-state index contributed by atoms with van der Waals surface area (Å²) in [5.41, 5.74) is 5.58. The van der Waals surface area contributed by atoms with Crippen molar-refractivity contribution in [1.29, 1.82) is 0 Å². The summed E-state index contributed by atoms with van der Waals surface area (Å²) in [7, 11) is -3.74. The molecule has 0 radical (unpaired) electrons. The Hall–Kier alpha value is -0.660. The Labute approximate surface area is 83.5 Å². The van der Waals surface area contributed by atoms with Gasteiger partial charge in [-0.3, -0.25) is 4.79 Å². The van der Waals surface area contributed by atoms with Crippen LogP contribution >= 0.6 is 0 Å². The Morgan fingerprint density at radius 3 is 2.36 bits per heavy atom. The van der Waals surface area contributed by atoms with E-state index in [1.165, 1.54) is 0 Å².